The maximum atomic E-state index is 12.7. The molecule has 5 rings (SSSR count). The molecule has 0 aliphatic carbocycles. The second-order valence-electron chi connectivity index (χ2n) is 8.19. The smallest absolute Gasteiger partial charge is 0.222 e. The molecule has 3 aromatic heterocycles. The van der Waals surface area contributed by atoms with E-state index in [1.165, 1.54) is 10.4 Å². The van der Waals surface area contributed by atoms with Gasteiger partial charge in [0.15, 0.2) is 0 Å². The van der Waals surface area contributed by atoms with Crippen LogP contribution in [0.15, 0.2) is 48.7 Å². The van der Waals surface area contributed by atoms with Gasteiger partial charge in [-0.05, 0) is 55.2 Å². The fourth-order valence-corrected chi connectivity index (χ4v) is 5.80. The van der Waals surface area contributed by atoms with E-state index in [2.05, 4.69) is 16.0 Å². The Morgan fingerprint density at radius 3 is 2.84 bits per heavy atom. The molecule has 1 spiro atoms. The summed E-state index contributed by atoms with van der Waals surface area (Å²) in [7, 11) is 0. The number of likely N-dealkylation sites (tertiary alicyclic amines) is 1. The van der Waals surface area contributed by atoms with Crippen molar-refractivity contribution in [2.24, 2.45) is 0 Å². The average molecular weight is 435 g/mol. The number of carbonyl (C=O) groups is 1. The van der Waals surface area contributed by atoms with Crippen molar-refractivity contribution in [1.29, 1.82) is 0 Å². The Hall–Kier alpha value is -2.77. The lowest BCUT2D eigenvalue weighted by molar-refractivity contribution is -0.140. The summed E-state index contributed by atoms with van der Waals surface area (Å²) >= 11 is 1.79. The number of carbonyl (C=O) groups excluding carboxylic acids is 1. The SMILES string of the molecule is Nc1cccc(-c2cc3c(s2)CCOC32CCN(C(=O)CCc3ccccn3)CC2)n1. The minimum absolute atomic E-state index is 0.200. The maximum absolute atomic E-state index is 12.7. The minimum Gasteiger partial charge on any atom is -0.384 e. The van der Waals surface area contributed by atoms with Gasteiger partial charge in [-0.25, -0.2) is 4.98 Å². The van der Waals surface area contributed by atoms with Gasteiger partial charge in [-0.2, -0.15) is 0 Å². The highest BCUT2D eigenvalue weighted by Crippen LogP contribution is 2.46. The number of amides is 1. The van der Waals surface area contributed by atoms with Crippen LogP contribution in [0.2, 0.25) is 0 Å². The van der Waals surface area contributed by atoms with Crippen LogP contribution in [0.1, 0.15) is 35.4 Å². The molecular weight excluding hydrogens is 408 g/mol. The molecule has 160 valence electrons. The summed E-state index contributed by atoms with van der Waals surface area (Å²) in [5.41, 5.74) is 8.75. The molecule has 0 saturated carbocycles. The zero-order valence-electron chi connectivity index (χ0n) is 17.4. The monoisotopic (exact) mass is 434 g/mol. The first-order valence-corrected chi connectivity index (χ1v) is 11.6. The predicted octanol–water partition coefficient (Wildman–Crippen LogP) is 3.81. The summed E-state index contributed by atoms with van der Waals surface area (Å²) in [6.07, 6.45) is 5.54. The molecular formula is C24H26N4O2S. The van der Waals surface area contributed by atoms with Crippen LogP contribution in [0.4, 0.5) is 5.82 Å². The van der Waals surface area contributed by atoms with Crippen LogP contribution in [-0.4, -0.2) is 40.5 Å². The number of rotatable bonds is 4. The number of hydrogen-bond acceptors (Lipinski definition) is 6. The van der Waals surface area contributed by atoms with Gasteiger partial charge in [-0.1, -0.05) is 12.1 Å². The molecule has 0 atom stereocenters. The second-order valence-corrected chi connectivity index (χ2v) is 9.33. The molecule has 0 radical (unpaired) electrons. The number of piperidine rings is 1. The van der Waals surface area contributed by atoms with Crippen LogP contribution in [0.5, 0.6) is 0 Å². The lowest BCUT2D eigenvalue weighted by Crippen LogP contribution is -2.48. The summed E-state index contributed by atoms with van der Waals surface area (Å²) in [6, 6.07) is 13.8. The number of anilines is 1. The number of aryl methyl sites for hydroxylation is 1. The van der Waals surface area contributed by atoms with Crippen molar-refractivity contribution in [3.63, 3.8) is 0 Å². The van der Waals surface area contributed by atoms with E-state index in [9.17, 15) is 4.79 Å². The Bertz CT molecular complexity index is 1070. The van der Waals surface area contributed by atoms with E-state index in [-0.39, 0.29) is 11.5 Å². The number of hydrogen-bond donors (Lipinski definition) is 1. The summed E-state index contributed by atoms with van der Waals surface area (Å²) in [5.74, 6) is 0.735. The third-order valence-corrected chi connectivity index (χ3v) is 7.49. The van der Waals surface area contributed by atoms with E-state index in [0.29, 0.717) is 18.7 Å². The molecule has 7 heteroatoms. The number of pyridine rings is 2. The second kappa shape index (κ2) is 8.40. The van der Waals surface area contributed by atoms with Crippen LogP contribution < -0.4 is 5.73 Å². The molecule has 1 amide bonds. The molecule has 2 aliphatic rings. The topological polar surface area (TPSA) is 81.3 Å². The maximum Gasteiger partial charge on any atom is 0.222 e. The Kier molecular flexibility index (Phi) is 5.46. The first-order chi connectivity index (χ1) is 15.1. The highest BCUT2D eigenvalue weighted by atomic mass is 32.1. The molecule has 3 aromatic rings. The number of ether oxygens (including phenoxy) is 1. The first kappa shape index (κ1) is 20.2. The van der Waals surface area contributed by atoms with Gasteiger partial charge in [0, 0.05) is 42.7 Å². The summed E-state index contributed by atoms with van der Waals surface area (Å²) in [4.78, 5) is 26.1. The Morgan fingerprint density at radius 1 is 1.19 bits per heavy atom. The standard InChI is InChI=1S/C24H26N4O2S/c25-22-6-3-5-19(27-22)21-16-18-20(31-21)9-15-30-24(18)10-13-28(14-11-24)23(29)8-7-17-4-1-2-12-26-17/h1-6,12,16H,7-11,13-15H2,(H2,25,27). The molecule has 1 saturated heterocycles. The zero-order valence-corrected chi connectivity index (χ0v) is 18.2. The van der Waals surface area contributed by atoms with Gasteiger partial charge >= 0.3 is 0 Å². The highest BCUT2D eigenvalue weighted by Gasteiger charge is 2.42. The number of nitrogens with two attached hydrogens (primary N) is 1. The van der Waals surface area contributed by atoms with Gasteiger partial charge < -0.3 is 15.4 Å². The van der Waals surface area contributed by atoms with Crippen LogP contribution >= 0.6 is 11.3 Å². The molecule has 0 unspecified atom stereocenters. The highest BCUT2D eigenvalue weighted by molar-refractivity contribution is 7.15. The fraction of sp³-hybridized carbons (Fsp3) is 0.375. The third-order valence-electron chi connectivity index (χ3n) is 6.28. The van der Waals surface area contributed by atoms with Gasteiger partial charge in [0.25, 0.3) is 0 Å². The van der Waals surface area contributed by atoms with E-state index >= 15 is 0 Å². The van der Waals surface area contributed by atoms with Crippen molar-refractivity contribution in [2.75, 3.05) is 25.4 Å². The summed E-state index contributed by atoms with van der Waals surface area (Å²) in [5, 5.41) is 0. The lowest BCUT2D eigenvalue weighted by atomic mass is 9.82. The zero-order chi connectivity index (χ0) is 21.3. The number of thiophene rings is 1. The molecule has 2 aliphatic heterocycles. The molecule has 31 heavy (non-hydrogen) atoms. The van der Waals surface area contributed by atoms with Crippen molar-refractivity contribution in [3.8, 4) is 10.6 Å². The Labute approximate surface area is 186 Å². The van der Waals surface area contributed by atoms with Gasteiger partial charge in [-0.3, -0.25) is 9.78 Å². The normalized spacial score (nSPS) is 17.5. The van der Waals surface area contributed by atoms with Crippen LogP contribution in [-0.2, 0) is 28.0 Å². The number of aromatic nitrogens is 2. The summed E-state index contributed by atoms with van der Waals surface area (Å²) in [6.45, 7) is 2.18. The number of nitrogen functional groups attached to an aromatic ring is 1. The molecule has 2 N–H and O–H groups in total. The van der Waals surface area contributed by atoms with Crippen molar-refractivity contribution in [3.05, 3.63) is 64.8 Å². The van der Waals surface area contributed by atoms with Gasteiger partial charge in [0.2, 0.25) is 5.91 Å². The van der Waals surface area contributed by atoms with E-state index in [0.717, 1.165) is 55.2 Å². The summed E-state index contributed by atoms with van der Waals surface area (Å²) < 4.78 is 6.38. The number of fused-ring (bicyclic) bond motifs is 2. The molecule has 0 bridgehead atoms. The molecule has 1 fully saturated rings. The van der Waals surface area contributed by atoms with E-state index in [1.54, 1.807) is 17.5 Å². The van der Waals surface area contributed by atoms with Crippen molar-refractivity contribution < 1.29 is 9.53 Å². The van der Waals surface area contributed by atoms with Crippen LogP contribution in [0, 0.1) is 0 Å². The van der Waals surface area contributed by atoms with Gasteiger partial charge in [0.05, 0.1) is 22.8 Å². The van der Waals surface area contributed by atoms with Crippen LogP contribution in [0.25, 0.3) is 10.6 Å². The predicted molar refractivity (Wildman–Crippen MR) is 122 cm³/mol. The van der Waals surface area contributed by atoms with Crippen molar-refractivity contribution in [1.82, 2.24) is 14.9 Å². The fourth-order valence-electron chi connectivity index (χ4n) is 4.60. The van der Waals surface area contributed by atoms with Crippen molar-refractivity contribution in [2.45, 2.75) is 37.7 Å². The van der Waals surface area contributed by atoms with E-state index in [1.807, 2.05) is 41.3 Å². The molecule has 0 aromatic carbocycles. The first-order valence-electron chi connectivity index (χ1n) is 10.8. The third kappa shape index (κ3) is 4.07. The number of nitrogens with zero attached hydrogens (tertiary/aromatic N) is 3. The van der Waals surface area contributed by atoms with Gasteiger partial charge in [-0.15, -0.1) is 11.3 Å². The quantitative estimate of drug-likeness (QED) is 0.675. The molecule has 5 heterocycles. The average Bonchev–Trinajstić information content (AvgIpc) is 3.25. The minimum atomic E-state index is -0.291. The molecule has 6 nitrogen and oxygen atoms in total. The van der Waals surface area contributed by atoms with E-state index < -0.39 is 0 Å². The van der Waals surface area contributed by atoms with Crippen LogP contribution in [0.3, 0.4) is 0 Å². The Balaban J connectivity index is 1.28. The van der Waals surface area contributed by atoms with E-state index in [4.69, 9.17) is 10.5 Å². The largest absolute Gasteiger partial charge is 0.384 e. The lowest BCUT2D eigenvalue weighted by Gasteiger charge is -2.44. The van der Waals surface area contributed by atoms with Gasteiger partial charge in [0.1, 0.15) is 5.82 Å². The van der Waals surface area contributed by atoms with Crippen molar-refractivity contribution >= 4 is 23.1 Å². The Morgan fingerprint density at radius 2 is 2.06 bits per heavy atom.